The van der Waals surface area contributed by atoms with Gasteiger partial charge in [0.2, 0.25) is 0 Å². The molecule has 0 bridgehead atoms. The van der Waals surface area contributed by atoms with Crippen LogP contribution >= 0.6 is 0 Å². The summed E-state index contributed by atoms with van der Waals surface area (Å²) >= 11 is 0. The fourth-order valence-electron chi connectivity index (χ4n) is 0.400. The SMILES string of the molecule is C=C/C(C)=C\N=C=N/C=C(\C)C=C. The van der Waals surface area contributed by atoms with E-state index in [1.807, 2.05) is 13.8 Å². The van der Waals surface area contributed by atoms with Gasteiger partial charge in [-0.25, -0.2) is 0 Å². The molecule has 68 valence electrons. The predicted molar refractivity (Wildman–Crippen MR) is 57.8 cm³/mol. The van der Waals surface area contributed by atoms with Crippen LogP contribution in [0.15, 0.2) is 58.8 Å². The zero-order valence-corrected chi connectivity index (χ0v) is 8.12. The van der Waals surface area contributed by atoms with E-state index in [9.17, 15) is 0 Å². The summed E-state index contributed by atoms with van der Waals surface area (Å²) in [4.78, 5) is 7.64. The van der Waals surface area contributed by atoms with Gasteiger partial charge in [0.25, 0.3) is 0 Å². The van der Waals surface area contributed by atoms with E-state index in [4.69, 9.17) is 0 Å². The molecular formula is C11H14N2. The number of hydrogen-bond acceptors (Lipinski definition) is 2. The van der Waals surface area contributed by atoms with Crippen LogP contribution in [-0.4, -0.2) is 6.01 Å². The van der Waals surface area contributed by atoms with E-state index in [1.54, 1.807) is 24.6 Å². The van der Waals surface area contributed by atoms with Gasteiger partial charge in [-0.3, -0.25) is 0 Å². The van der Waals surface area contributed by atoms with Gasteiger partial charge in [0.1, 0.15) is 0 Å². The van der Waals surface area contributed by atoms with Crippen LogP contribution in [0.5, 0.6) is 0 Å². The van der Waals surface area contributed by atoms with Crippen molar-refractivity contribution in [3.8, 4) is 0 Å². The van der Waals surface area contributed by atoms with Crippen LogP contribution in [0.1, 0.15) is 13.8 Å². The molecule has 2 heteroatoms. The van der Waals surface area contributed by atoms with Gasteiger partial charge in [0.15, 0.2) is 0 Å². The van der Waals surface area contributed by atoms with Crippen LogP contribution < -0.4 is 0 Å². The maximum absolute atomic E-state index is 3.82. The number of rotatable bonds is 4. The molecule has 0 spiro atoms. The standard InChI is InChI=1S/C11H14N2/c1-5-10(3)7-12-9-13-8-11(4)6-2/h5-8H,1-2H2,3-4H3/b10-7-,11-8+. The van der Waals surface area contributed by atoms with Crippen LogP contribution in [0.3, 0.4) is 0 Å². The van der Waals surface area contributed by atoms with Gasteiger partial charge in [0.05, 0.1) is 6.01 Å². The van der Waals surface area contributed by atoms with E-state index < -0.39 is 0 Å². The molecule has 0 saturated heterocycles. The van der Waals surface area contributed by atoms with Crippen molar-refractivity contribution in [3.05, 3.63) is 48.9 Å². The molecular weight excluding hydrogens is 160 g/mol. The summed E-state index contributed by atoms with van der Waals surface area (Å²) in [5, 5.41) is 0. The second kappa shape index (κ2) is 7.01. The van der Waals surface area contributed by atoms with E-state index in [0.717, 1.165) is 11.1 Å². The third kappa shape index (κ3) is 6.73. The van der Waals surface area contributed by atoms with Gasteiger partial charge in [-0.15, -0.1) is 0 Å². The lowest BCUT2D eigenvalue weighted by atomic mass is 10.3. The molecule has 0 atom stereocenters. The fourth-order valence-corrected chi connectivity index (χ4v) is 0.400. The molecule has 0 unspecified atom stereocenters. The summed E-state index contributed by atoms with van der Waals surface area (Å²) in [6, 6.07) is 2.52. The number of nitrogens with zero attached hydrogens (tertiary/aromatic N) is 2. The average molecular weight is 174 g/mol. The Hall–Kier alpha value is -1.66. The Morgan fingerprint density at radius 2 is 1.38 bits per heavy atom. The molecule has 0 heterocycles. The zero-order valence-electron chi connectivity index (χ0n) is 8.12. The number of allylic oxidation sites excluding steroid dienone is 4. The number of hydrogen-bond donors (Lipinski definition) is 0. The largest absolute Gasteiger partial charge is 0.195 e. The lowest BCUT2D eigenvalue weighted by Gasteiger charge is -1.81. The third-order valence-electron chi connectivity index (χ3n) is 1.30. The second-order valence-corrected chi connectivity index (χ2v) is 2.51. The van der Waals surface area contributed by atoms with Crippen LogP contribution in [0.2, 0.25) is 0 Å². The Morgan fingerprint density at radius 3 is 1.69 bits per heavy atom. The fraction of sp³-hybridized carbons (Fsp3) is 0.182. The number of aliphatic imine (C=N–C) groups is 2. The molecule has 0 aromatic carbocycles. The summed E-state index contributed by atoms with van der Waals surface area (Å²) in [6.07, 6.45) is 6.73. The van der Waals surface area contributed by atoms with Crippen LogP contribution in [0.25, 0.3) is 0 Å². The Balaban J connectivity index is 4.28. The first kappa shape index (κ1) is 11.3. The van der Waals surface area contributed by atoms with Crippen molar-refractivity contribution in [1.29, 1.82) is 0 Å². The minimum atomic E-state index is 0.979. The minimum Gasteiger partial charge on any atom is -0.195 e. The van der Waals surface area contributed by atoms with E-state index in [1.165, 1.54) is 0 Å². The van der Waals surface area contributed by atoms with Crippen LogP contribution in [0.4, 0.5) is 0 Å². The predicted octanol–water partition coefficient (Wildman–Crippen LogP) is 3.34. The molecule has 0 aliphatic heterocycles. The average Bonchev–Trinajstić information content (AvgIpc) is 2.16. The third-order valence-corrected chi connectivity index (χ3v) is 1.30. The molecule has 0 N–H and O–H groups in total. The summed E-state index contributed by atoms with van der Waals surface area (Å²) in [6.45, 7) is 11.0. The molecule has 0 aliphatic carbocycles. The van der Waals surface area contributed by atoms with Crippen LogP contribution in [0, 0.1) is 0 Å². The Kier molecular flexibility index (Phi) is 6.12. The quantitative estimate of drug-likeness (QED) is 0.461. The van der Waals surface area contributed by atoms with E-state index in [0.29, 0.717) is 0 Å². The smallest absolute Gasteiger partial charge is 0.0993 e. The monoisotopic (exact) mass is 174 g/mol. The highest BCUT2D eigenvalue weighted by Gasteiger charge is 1.74. The molecule has 0 aromatic rings. The van der Waals surface area contributed by atoms with Gasteiger partial charge < -0.3 is 0 Å². The molecule has 2 nitrogen and oxygen atoms in total. The highest BCUT2D eigenvalue weighted by atomic mass is 14.8. The Labute approximate surface area is 79.4 Å². The van der Waals surface area contributed by atoms with Gasteiger partial charge in [-0.05, 0) is 25.0 Å². The van der Waals surface area contributed by atoms with Crippen molar-refractivity contribution in [2.75, 3.05) is 0 Å². The lowest BCUT2D eigenvalue weighted by Crippen LogP contribution is -1.64. The van der Waals surface area contributed by atoms with Gasteiger partial charge in [0, 0.05) is 12.4 Å². The highest BCUT2D eigenvalue weighted by Crippen LogP contribution is 1.92. The molecule has 0 rings (SSSR count). The first-order valence-electron chi connectivity index (χ1n) is 3.93. The van der Waals surface area contributed by atoms with Crippen molar-refractivity contribution < 1.29 is 0 Å². The maximum atomic E-state index is 3.82. The molecule has 0 saturated carbocycles. The summed E-state index contributed by atoms with van der Waals surface area (Å²) in [5.41, 5.74) is 1.96. The first-order valence-corrected chi connectivity index (χ1v) is 3.93. The van der Waals surface area contributed by atoms with Gasteiger partial charge in [-0.2, -0.15) is 9.98 Å². The molecule has 13 heavy (non-hydrogen) atoms. The van der Waals surface area contributed by atoms with Crippen molar-refractivity contribution in [2.24, 2.45) is 9.98 Å². The molecule has 0 aromatic heterocycles. The Bertz CT molecular complexity index is 272. The van der Waals surface area contributed by atoms with Gasteiger partial charge in [-0.1, -0.05) is 25.3 Å². The van der Waals surface area contributed by atoms with Gasteiger partial charge >= 0.3 is 0 Å². The normalized spacial score (nSPS) is 11.5. The molecule has 0 radical (unpaired) electrons. The summed E-state index contributed by atoms with van der Waals surface area (Å²) < 4.78 is 0. The topological polar surface area (TPSA) is 24.7 Å². The Morgan fingerprint density at radius 1 is 1.00 bits per heavy atom. The lowest BCUT2D eigenvalue weighted by molar-refractivity contribution is 1.41. The van der Waals surface area contributed by atoms with E-state index in [-0.39, 0.29) is 0 Å². The zero-order chi connectivity index (χ0) is 10.1. The van der Waals surface area contributed by atoms with Crippen molar-refractivity contribution in [2.45, 2.75) is 13.8 Å². The minimum absolute atomic E-state index is 0.979. The summed E-state index contributed by atoms with van der Waals surface area (Å²) in [7, 11) is 0. The first-order chi connectivity index (χ1) is 6.20. The molecule has 0 fully saturated rings. The molecule has 0 aliphatic rings. The highest BCUT2D eigenvalue weighted by molar-refractivity contribution is 5.44. The van der Waals surface area contributed by atoms with Crippen molar-refractivity contribution >= 4 is 6.01 Å². The van der Waals surface area contributed by atoms with Crippen molar-refractivity contribution in [1.82, 2.24) is 0 Å². The van der Waals surface area contributed by atoms with Crippen molar-refractivity contribution in [3.63, 3.8) is 0 Å². The maximum Gasteiger partial charge on any atom is 0.0993 e. The van der Waals surface area contributed by atoms with Crippen LogP contribution in [-0.2, 0) is 0 Å². The second-order valence-electron chi connectivity index (χ2n) is 2.51. The van der Waals surface area contributed by atoms with E-state index in [2.05, 4.69) is 29.2 Å². The summed E-state index contributed by atoms with van der Waals surface area (Å²) in [5.74, 6) is 0. The van der Waals surface area contributed by atoms with E-state index >= 15 is 0 Å². The molecule has 0 amide bonds.